The summed E-state index contributed by atoms with van der Waals surface area (Å²) in [5, 5.41) is 4.88. The van der Waals surface area contributed by atoms with Gasteiger partial charge in [0.25, 0.3) is 0 Å². The standard InChI is InChI=1S/C60H42N4/c1-6-20-45(21-7-1)61(46-22-8-2-9-23-46)51-38-44(43-34-37-59-56(40-43)54-31-17-19-33-58(54)63(59)48-26-12-4-13-27-48)39-52(41-51)62(47-24-10-3-11-25-47)50-35-36-55-53-30-16-18-32-57(53)64(60(55)42-50)49-28-14-5-15-29-49/h1-42H. The molecule has 10 aromatic carbocycles. The highest BCUT2D eigenvalue weighted by Crippen LogP contribution is 2.45. The van der Waals surface area contributed by atoms with Crippen molar-refractivity contribution in [3.63, 3.8) is 0 Å². The molecule has 0 N–H and O–H groups in total. The SMILES string of the molecule is c1ccc(N(c2ccccc2)c2cc(-c3ccc4c(c3)c3ccccc3n4-c3ccccc3)cc(N(c3ccccc3)c3ccc4c5ccccc5n(-c5ccccc5)c4c3)c2)cc1. The predicted molar refractivity (Wildman–Crippen MR) is 270 cm³/mol. The maximum atomic E-state index is 2.41. The fourth-order valence-electron chi connectivity index (χ4n) is 9.61. The Morgan fingerprint density at radius 3 is 1.16 bits per heavy atom. The van der Waals surface area contributed by atoms with E-state index in [1.165, 1.54) is 38.1 Å². The lowest BCUT2D eigenvalue weighted by atomic mass is 10.00. The van der Waals surface area contributed by atoms with E-state index in [2.05, 4.69) is 274 Å². The first-order valence-corrected chi connectivity index (χ1v) is 21.8. The van der Waals surface area contributed by atoms with Gasteiger partial charge in [-0.3, -0.25) is 0 Å². The number of fused-ring (bicyclic) bond motifs is 6. The van der Waals surface area contributed by atoms with E-state index in [0.29, 0.717) is 0 Å². The number of nitrogens with zero attached hydrogens (tertiary/aromatic N) is 4. The van der Waals surface area contributed by atoms with Gasteiger partial charge in [0.15, 0.2) is 0 Å². The molecule has 2 heterocycles. The van der Waals surface area contributed by atoms with Crippen LogP contribution >= 0.6 is 0 Å². The van der Waals surface area contributed by atoms with Crippen LogP contribution in [0.5, 0.6) is 0 Å². The Morgan fingerprint density at radius 2 is 0.625 bits per heavy atom. The third-order valence-corrected chi connectivity index (χ3v) is 12.4. The smallest absolute Gasteiger partial charge is 0.0561 e. The molecule has 64 heavy (non-hydrogen) atoms. The van der Waals surface area contributed by atoms with Gasteiger partial charge in [-0.2, -0.15) is 0 Å². The Labute approximate surface area is 372 Å². The van der Waals surface area contributed by atoms with Gasteiger partial charge in [-0.05, 0) is 126 Å². The molecule has 0 aliphatic heterocycles. The Bertz CT molecular complexity index is 3560. The molecular formula is C60H42N4. The van der Waals surface area contributed by atoms with Crippen molar-refractivity contribution in [1.29, 1.82) is 0 Å². The minimum atomic E-state index is 1.05. The van der Waals surface area contributed by atoms with Crippen LogP contribution in [0.4, 0.5) is 34.1 Å². The molecule has 0 atom stereocenters. The van der Waals surface area contributed by atoms with Gasteiger partial charge < -0.3 is 18.9 Å². The lowest BCUT2D eigenvalue weighted by Crippen LogP contribution is -2.13. The number of benzene rings is 10. The van der Waals surface area contributed by atoms with Crippen LogP contribution in [0.2, 0.25) is 0 Å². The molecule has 0 aliphatic rings. The van der Waals surface area contributed by atoms with Crippen LogP contribution in [-0.4, -0.2) is 9.13 Å². The molecule has 0 radical (unpaired) electrons. The van der Waals surface area contributed by atoms with Crippen LogP contribution in [0.1, 0.15) is 0 Å². The largest absolute Gasteiger partial charge is 0.310 e. The van der Waals surface area contributed by atoms with Crippen LogP contribution < -0.4 is 9.80 Å². The number of rotatable bonds is 9. The Balaban J connectivity index is 1.12. The molecule has 0 saturated carbocycles. The second kappa shape index (κ2) is 15.7. The first kappa shape index (κ1) is 37.2. The van der Waals surface area contributed by atoms with Gasteiger partial charge in [-0.1, -0.05) is 140 Å². The molecule has 0 bridgehead atoms. The Kier molecular flexibility index (Phi) is 9.12. The van der Waals surface area contributed by atoms with Crippen molar-refractivity contribution in [2.75, 3.05) is 9.80 Å². The summed E-state index contributed by atoms with van der Waals surface area (Å²) in [6.45, 7) is 0. The number of anilines is 6. The summed E-state index contributed by atoms with van der Waals surface area (Å²) in [6.07, 6.45) is 0. The van der Waals surface area contributed by atoms with Crippen molar-refractivity contribution in [1.82, 2.24) is 9.13 Å². The summed E-state index contributed by atoms with van der Waals surface area (Å²) in [5.41, 5.74) is 15.6. The minimum Gasteiger partial charge on any atom is -0.310 e. The minimum absolute atomic E-state index is 1.05. The first-order valence-electron chi connectivity index (χ1n) is 21.8. The van der Waals surface area contributed by atoms with Crippen LogP contribution in [0.15, 0.2) is 255 Å². The summed E-state index contributed by atoms with van der Waals surface area (Å²) in [4.78, 5) is 4.78. The van der Waals surface area contributed by atoms with Crippen molar-refractivity contribution >= 4 is 77.7 Å². The summed E-state index contributed by atoms with van der Waals surface area (Å²) >= 11 is 0. The van der Waals surface area contributed by atoms with Crippen molar-refractivity contribution in [3.8, 4) is 22.5 Å². The third kappa shape index (κ3) is 6.40. The normalized spacial score (nSPS) is 11.4. The molecule has 4 nitrogen and oxygen atoms in total. The quantitative estimate of drug-likeness (QED) is 0.144. The molecule has 2 aromatic heterocycles. The molecule has 0 aliphatic carbocycles. The Morgan fingerprint density at radius 1 is 0.219 bits per heavy atom. The summed E-state index contributed by atoms with van der Waals surface area (Å²) in [5.74, 6) is 0. The van der Waals surface area contributed by atoms with Crippen molar-refractivity contribution in [2.45, 2.75) is 0 Å². The molecule has 302 valence electrons. The van der Waals surface area contributed by atoms with E-state index >= 15 is 0 Å². The first-order chi connectivity index (χ1) is 31.8. The molecule has 12 rings (SSSR count). The molecular weight excluding hydrogens is 777 g/mol. The maximum absolute atomic E-state index is 2.41. The van der Waals surface area contributed by atoms with Gasteiger partial charge in [-0.15, -0.1) is 0 Å². The van der Waals surface area contributed by atoms with E-state index < -0.39 is 0 Å². The molecule has 0 saturated heterocycles. The fraction of sp³-hybridized carbons (Fsp3) is 0. The molecule has 0 spiro atoms. The summed E-state index contributed by atoms with van der Waals surface area (Å²) < 4.78 is 4.78. The summed E-state index contributed by atoms with van der Waals surface area (Å²) in [6, 6.07) is 91.9. The van der Waals surface area contributed by atoms with Gasteiger partial charge in [0.05, 0.1) is 22.1 Å². The highest BCUT2D eigenvalue weighted by atomic mass is 15.2. The van der Waals surface area contributed by atoms with E-state index in [4.69, 9.17) is 0 Å². The monoisotopic (exact) mass is 818 g/mol. The van der Waals surface area contributed by atoms with Crippen LogP contribution in [0, 0.1) is 0 Å². The average molecular weight is 819 g/mol. The van der Waals surface area contributed by atoms with Crippen LogP contribution in [-0.2, 0) is 0 Å². The molecule has 0 amide bonds. The van der Waals surface area contributed by atoms with Gasteiger partial charge in [-0.25, -0.2) is 0 Å². The van der Waals surface area contributed by atoms with Crippen molar-refractivity contribution in [2.24, 2.45) is 0 Å². The number of hydrogen-bond acceptors (Lipinski definition) is 2. The zero-order valence-electron chi connectivity index (χ0n) is 35.0. The lowest BCUT2D eigenvalue weighted by Gasteiger charge is -2.30. The second-order valence-corrected chi connectivity index (χ2v) is 16.2. The van der Waals surface area contributed by atoms with Crippen molar-refractivity contribution in [3.05, 3.63) is 255 Å². The molecule has 12 aromatic rings. The third-order valence-electron chi connectivity index (χ3n) is 12.4. The number of hydrogen-bond donors (Lipinski definition) is 0. The van der Waals surface area contributed by atoms with Crippen molar-refractivity contribution < 1.29 is 0 Å². The van der Waals surface area contributed by atoms with E-state index in [1.807, 2.05) is 0 Å². The van der Waals surface area contributed by atoms with Gasteiger partial charge in [0.2, 0.25) is 0 Å². The predicted octanol–water partition coefficient (Wildman–Crippen LogP) is 16.5. The topological polar surface area (TPSA) is 16.3 Å². The van der Waals surface area contributed by atoms with Gasteiger partial charge >= 0.3 is 0 Å². The fourth-order valence-corrected chi connectivity index (χ4v) is 9.61. The molecule has 0 fully saturated rings. The maximum Gasteiger partial charge on any atom is 0.0561 e. The average Bonchev–Trinajstić information content (AvgIpc) is 3.88. The number of aromatic nitrogens is 2. The van der Waals surface area contributed by atoms with E-state index in [-0.39, 0.29) is 0 Å². The second-order valence-electron chi connectivity index (χ2n) is 16.2. The molecule has 4 heteroatoms. The highest BCUT2D eigenvalue weighted by molar-refractivity contribution is 6.12. The van der Waals surface area contributed by atoms with Gasteiger partial charge in [0.1, 0.15) is 0 Å². The zero-order chi connectivity index (χ0) is 42.4. The number of para-hydroxylation sites is 7. The zero-order valence-corrected chi connectivity index (χ0v) is 35.0. The summed E-state index contributed by atoms with van der Waals surface area (Å²) in [7, 11) is 0. The van der Waals surface area contributed by atoms with Crippen LogP contribution in [0.25, 0.3) is 66.1 Å². The lowest BCUT2D eigenvalue weighted by molar-refractivity contribution is 1.18. The van der Waals surface area contributed by atoms with E-state index in [9.17, 15) is 0 Å². The Hall–Kier alpha value is -8.60. The van der Waals surface area contributed by atoms with Gasteiger partial charge in [0, 0.05) is 67.0 Å². The highest BCUT2D eigenvalue weighted by Gasteiger charge is 2.22. The van der Waals surface area contributed by atoms with E-state index in [1.54, 1.807) is 0 Å². The van der Waals surface area contributed by atoms with E-state index in [0.717, 1.165) is 62.1 Å². The molecule has 0 unspecified atom stereocenters. The van der Waals surface area contributed by atoms with Crippen LogP contribution in [0.3, 0.4) is 0 Å².